The van der Waals surface area contributed by atoms with Gasteiger partial charge in [0.1, 0.15) is 25.0 Å². The van der Waals surface area contributed by atoms with Crippen molar-refractivity contribution >= 4 is 12.8 Å². The monoisotopic (exact) mass is 531 g/mol. The van der Waals surface area contributed by atoms with Gasteiger partial charge in [-0.1, -0.05) is 12.1 Å². The highest BCUT2D eigenvalue weighted by molar-refractivity contribution is 5.77. The van der Waals surface area contributed by atoms with Gasteiger partial charge in [0.05, 0.1) is 13.3 Å². The molecule has 2 atom stereocenters. The van der Waals surface area contributed by atoms with Crippen LogP contribution in [0.5, 0.6) is 17.6 Å². The van der Waals surface area contributed by atoms with Gasteiger partial charge in [0, 0.05) is 36.1 Å². The first-order valence-electron chi connectivity index (χ1n) is 13.3. The number of carbonyl (C=O) groups excluding carboxylic acids is 1. The Morgan fingerprint density at radius 2 is 1.85 bits per heavy atom. The van der Waals surface area contributed by atoms with Crippen LogP contribution in [-0.4, -0.2) is 57.4 Å². The molecule has 5 rings (SSSR count). The second-order valence-corrected chi connectivity index (χ2v) is 11.0. The Morgan fingerprint density at radius 3 is 2.64 bits per heavy atom. The van der Waals surface area contributed by atoms with E-state index in [0.29, 0.717) is 30.7 Å². The summed E-state index contributed by atoms with van der Waals surface area (Å²) in [6.07, 6.45) is 5.66. The van der Waals surface area contributed by atoms with Crippen molar-refractivity contribution in [2.45, 2.75) is 77.2 Å². The van der Waals surface area contributed by atoms with Crippen molar-refractivity contribution in [3.05, 3.63) is 48.2 Å². The Morgan fingerprint density at radius 1 is 1.05 bits per heavy atom. The lowest BCUT2D eigenvalue weighted by Gasteiger charge is -2.23. The van der Waals surface area contributed by atoms with Gasteiger partial charge in [0.15, 0.2) is 6.04 Å². The number of ether oxygens (including phenoxy) is 4. The summed E-state index contributed by atoms with van der Waals surface area (Å²) in [5.41, 5.74) is 4.43. The average molecular weight is 532 g/mol. The first kappa shape index (κ1) is 26.6. The molecule has 1 unspecified atom stereocenters. The highest BCUT2D eigenvalue weighted by atomic mass is 16.6. The van der Waals surface area contributed by atoms with Crippen LogP contribution in [0.3, 0.4) is 0 Å². The molecule has 204 valence electrons. The maximum absolute atomic E-state index is 12.6. The van der Waals surface area contributed by atoms with E-state index in [9.17, 15) is 4.79 Å². The summed E-state index contributed by atoms with van der Waals surface area (Å²) in [7, 11) is 1.57. The fourth-order valence-electron chi connectivity index (χ4n) is 5.03. The summed E-state index contributed by atoms with van der Waals surface area (Å²) in [5, 5.41) is 7.97. The minimum atomic E-state index is -0.565. The van der Waals surface area contributed by atoms with Crippen LogP contribution in [0, 0.1) is 0 Å². The normalized spacial score (nSPS) is 18.6. The lowest BCUT2D eigenvalue weighted by molar-refractivity contribution is -0.486. The van der Waals surface area contributed by atoms with Gasteiger partial charge in [-0.3, -0.25) is 0 Å². The summed E-state index contributed by atoms with van der Waals surface area (Å²) in [5.74, 6) is 1.54. The molecule has 0 radical (unpaired) electrons. The average Bonchev–Trinajstić information content (AvgIpc) is 3.16. The fourth-order valence-corrected chi connectivity index (χ4v) is 5.03. The van der Waals surface area contributed by atoms with Crippen LogP contribution in [-0.2, 0) is 11.3 Å². The maximum Gasteiger partial charge on any atom is 0.596 e. The minimum absolute atomic E-state index is 0.0575. The molecule has 1 fully saturated rings. The van der Waals surface area contributed by atoms with Crippen molar-refractivity contribution in [2.24, 2.45) is 0 Å². The van der Waals surface area contributed by atoms with E-state index in [1.165, 1.54) is 4.58 Å². The summed E-state index contributed by atoms with van der Waals surface area (Å²) in [6, 6.07) is 11.9. The second kappa shape index (κ2) is 11.0. The molecule has 2 aromatic heterocycles. The number of carbonyl (C=O) groups is 1. The molecular weight excluding hydrogens is 496 g/mol. The molecule has 0 saturated heterocycles. The molecule has 1 aliphatic carbocycles. The molecular formula is C30H35N4O5+. The largest absolute Gasteiger partial charge is 0.596 e. The molecule has 0 bridgehead atoms. The van der Waals surface area contributed by atoms with Crippen LogP contribution in [0.1, 0.15) is 58.4 Å². The third kappa shape index (κ3) is 6.19. The Hall–Kier alpha value is -4.01. The van der Waals surface area contributed by atoms with E-state index in [2.05, 4.69) is 35.1 Å². The molecule has 1 aliphatic heterocycles. The smallest absolute Gasteiger partial charge is 0.480 e. The first-order valence-corrected chi connectivity index (χ1v) is 13.3. The molecule has 0 spiro atoms. The minimum Gasteiger partial charge on any atom is -0.480 e. The number of rotatable bonds is 5. The predicted molar refractivity (Wildman–Crippen MR) is 146 cm³/mol. The molecule has 39 heavy (non-hydrogen) atoms. The lowest BCUT2D eigenvalue weighted by atomic mass is 9.95. The topological polar surface area (TPSA) is 95.7 Å². The van der Waals surface area contributed by atoms with Crippen molar-refractivity contribution in [3.8, 4) is 39.9 Å². The van der Waals surface area contributed by atoms with Crippen LogP contribution in [0.4, 0.5) is 4.79 Å². The van der Waals surface area contributed by atoms with Crippen LogP contribution >= 0.6 is 0 Å². The Kier molecular flexibility index (Phi) is 7.50. The van der Waals surface area contributed by atoms with E-state index in [1.54, 1.807) is 13.3 Å². The zero-order valence-corrected chi connectivity index (χ0v) is 23.0. The van der Waals surface area contributed by atoms with Gasteiger partial charge in [-0.15, -0.1) is 9.67 Å². The van der Waals surface area contributed by atoms with Gasteiger partial charge >= 0.3 is 6.09 Å². The molecule has 1 saturated carbocycles. The van der Waals surface area contributed by atoms with E-state index in [-0.39, 0.29) is 12.1 Å². The highest BCUT2D eigenvalue weighted by Crippen LogP contribution is 2.39. The SMILES string of the molecule is C=[N+](C(=O)OC(C)(C)C)C1CCCC[C@@H](Oc2ccc3c(n2)OCc2cc(-c4cnnc(OC)c4)ccc2-3)C1. The molecule has 1 amide bonds. The zero-order chi connectivity index (χ0) is 27.6. The summed E-state index contributed by atoms with van der Waals surface area (Å²) in [4.78, 5) is 17.3. The predicted octanol–water partition coefficient (Wildman–Crippen LogP) is 5.83. The summed E-state index contributed by atoms with van der Waals surface area (Å²) in [6.45, 7) is 9.97. The van der Waals surface area contributed by atoms with Gasteiger partial charge in [0.2, 0.25) is 17.6 Å². The summed E-state index contributed by atoms with van der Waals surface area (Å²) < 4.78 is 24.6. The highest BCUT2D eigenvalue weighted by Gasteiger charge is 2.35. The third-order valence-electron chi connectivity index (χ3n) is 6.97. The van der Waals surface area contributed by atoms with Gasteiger partial charge < -0.3 is 18.9 Å². The number of methoxy groups -OCH3 is 1. The van der Waals surface area contributed by atoms with Crippen LogP contribution < -0.4 is 14.2 Å². The van der Waals surface area contributed by atoms with Crippen molar-refractivity contribution in [3.63, 3.8) is 0 Å². The standard InChI is InChI=1S/C30H35N4O5/c1-30(2,3)39-29(35)34(4)22-8-6-7-9-23(16-22)38-26-13-12-25-24-11-10-19(14-21(24)18-37-28(25)32-26)20-15-27(36-5)33-31-17-20/h10-15,17,22-23H,4,6-9,16,18H2,1-3,5H3/q+1/t22?,23-/m1/s1. The van der Waals surface area contributed by atoms with Gasteiger partial charge in [-0.2, -0.15) is 14.9 Å². The van der Waals surface area contributed by atoms with Gasteiger partial charge in [0.25, 0.3) is 0 Å². The van der Waals surface area contributed by atoms with Crippen LogP contribution in [0.25, 0.3) is 22.3 Å². The number of pyridine rings is 1. The van der Waals surface area contributed by atoms with E-state index < -0.39 is 11.7 Å². The lowest BCUT2D eigenvalue weighted by Crippen LogP contribution is -2.37. The Balaban J connectivity index is 1.30. The van der Waals surface area contributed by atoms with Crippen molar-refractivity contribution in [1.29, 1.82) is 0 Å². The van der Waals surface area contributed by atoms with Crippen molar-refractivity contribution < 1.29 is 28.3 Å². The number of hydrogen-bond donors (Lipinski definition) is 0. The fraction of sp³-hybridized carbons (Fsp3) is 0.433. The zero-order valence-electron chi connectivity index (χ0n) is 23.0. The Bertz CT molecular complexity index is 1380. The van der Waals surface area contributed by atoms with Crippen LogP contribution in [0.2, 0.25) is 0 Å². The molecule has 2 aliphatic rings. The maximum atomic E-state index is 12.6. The van der Waals surface area contributed by atoms with Gasteiger partial charge in [-0.05, 0) is 68.9 Å². The number of fused-ring (bicyclic) bond motifs is 3. The molecule has 9 nitrogen and oxygen atoms in total. The summed E-state index contributed by atoms with van der Waals surface area (Å²) >= 11 is 0. The molecule has 9 heteroatoms. The first-order chi connectivity index (χ1) is 18.7. The van der Waals surface area contributed by atoms with Gasteiger partial charge in [-0.25, -0.2) is 0 Å². The number of aromatic nitrogens is 3. The number of nitrogens with zero attached hydrogens (tertiary/aromatic N) is 4. The number of benzene rings is 1. The molecule has 3 heterocycles. The Labute approximate surface area is 228 Å². The molecule has 3 aromatic rings. The quantitative estimate of drug-likeness (QED) is 0.230. The van der Waals surface area contributed by atoms with Crippen molar-refractivity contribution in [2.75, 3.05) is 7.11 Å². The van der Waals surface area contributed by atoms with E-state index in [1.807, 2.05) is 39.0 Å². The molecule has 1 aromatic carbocycles. The second-order valence-electron chi connectivity index (χ2n) is 11.0. The number of hydrogen-bond acceptors (Lipinski definition) is 8. The van der Waals surface area contributed by atoms with E-state index >= 15 is 0 Å². The molecule has 0 N–H and O–H groups in total. The number of amides is 1. The van der Waals surface area contributed by atoms with E-state index in [4.69, 9.17) is 23.9 Å². The van der Waals surface area contributed by atoms with Crippen LogP contribution in [0.15, 0.2) is 42.6 Å². The van der Waals surface area contributed by atoms with E-state index in [0.717, 1.165) is 53.5 Å². The van der Waals surface area contributed by atoms with Crippen molar-refractivity contribution in [1.82, 2.24) is 15.2 Å². The third-order valence-corrected chi connectivity index (χ3v) is 6.97.